The van der Waals surface area contributed by atoms with E-state index in [0.29, 0.717) is 22.8 Å². The summed E-state index contributed by atoms with van der Waals surface area (Å²) in [6.45, 7) is 0. The lowest BCUT2D eigenvalue weighted by atomic mass is 10.1. The third-order valence-electron chi connectivity index (χ3n) is 2.54. The van der Waals surface area contributed by atoms with Gasteiger partial charge >= 0.3 is 0 Å². The van der Waals surface area contributed by atoms with Crippen molar-refractivity contribution in [1.82, 2.24) is 9.78 Å². The zero-order valence-electron chi connectivity index (χ0n) is 9.64. The van der Waals surface area contributed by atoms with Crippen LogP contribution in [0.3, 0.4) is 0 Å². The highest BCUT2D eigenvalue weighted by molar-refractivity contribution is 5.72. The molecule has 17 heavy (non-hydrogen) atoms. The average Bonchev–Trinajstić information content (AvgIpc) is 2.65. The number of rotatable bonds is 2. The molecule has 0 spiro atoms. The molecule has 0 aliphatic carbocycles. The van der Waals surface area contributed by atoms with Crippen molar-refractivity contribution >= 4 is 5.82 Å². The Morgan fingerprint density at radius 1 is 1.35 bits per heavy atom. The van der Waals surface area contributed by atoms with E-state index < -0.39 is 0 Å². The number of nitrogens with two attached hydrogens (primary N) is 1. The van der Waals surface area contributed by atoms with Gasteiger partial charge in [-0.05, 0) is 12.1 Å². The summed E-state index contributed by atoms with van der Waals surface area (Å²) in [4.78, 5) is 0. The van der Waals surface area contributed by atoms with Gasteiger partial charge in [0.2, 0.25) is 0 Å². The highest BCUT2D eigenvalue weighted by Crippen LogP contribution is 2.33. The molecule has 1 heterocycles. The summed E-state index contributed by atoms with van der Waals surface area (Å²) < 4.78 is 6.80. The number of hydrogen-bond acceptors (Lipinski definition) is 4. The first-order valence-electron chi connectivity index (χ1n) is 5.04. The second kappa shape index (κ2) is 4.18. The van der Waals surface area contributed by atoms with Gasteiger partial charge in [-0.15, -0.1) is 0 Å². The number of ether oxygens (including phenoxy) is 1. The van der Waals surface area contributed by atoms with Gasteiger partial charge in [0.05, 0.1) is 18.7 Å². The quantitative estimate of drug-likeness (QED) is 0.846. The second-order valence-electron chi connectivity index (χ2n) is 3.58. The highest BCUT2D eigenvalue weighted by Gasteiger charge is 2.15. The molecule has 0 atom stereocenters. The maximum atomic E-state index is 8.73. The maximum Gasteiger partial charge on any atom is 0.188 e. The molecule has 0 radical (unpaired) electrons. The highest BCUT2D eigenvalue weighted by atomic mass is 16.5. The van der Waals surface area contributed by atoms with E-state index in [1.54, 1.807) is 31.0 Å². The van der Waals surface area contributed by atoms with Crippen LogP contribution in [-0.2, 0) is 7.05 Å². The number of aryl methyl sites for hydroxylation is 1. The molecule has 1 aromatic heterocycles. The van der Waals surface area contributed by atoms with Gasteiger partial charge in [-0.2, -0.15) is 10.4 Å². The lowest BCUT2D eigenvalue weighted by Gasteiger charge is -2.01. The third-order valence-corrected chi connectivity index (χ3v) is 2.54. The minimum Gasteiger partial charge on any atom is -0.491 e. The van der Waals surface area contributed by atoms with Crippen molar-refractivity contribution < 1.29 is 4.74 Å². The molecular formula is C12H12N4O. The van der Waals surface area contributed by atoms with Gasteiger partial charge in [0.25, 0.3) is 0 Å². The molecule has 0 saturated heterocycles. The zero-order valence-corrected chi connectivity index (χ0v) is 9.64. The van der Waals surface area contributed by atoms with Gasteiger partial charge in [-0.25, -0.2) is 4.68 Å². The topological polar surface area (TPSA) is 76.9 Å². The van der Waals surface area contributed by atoms with Gasteiger partial charge in [0.1, 0.15) is 5.69 Å². The van der Waals surface area contributed by atoms with Gasteiger partial charge in [0.15, 0.2) is 11.6 Å². The molecule has 0 amide bonds. The number of anilines is 1. The Labute approximate surface area is 99.0 Å². The van der Waals surface area contributed by atoms with Crippen LogP contribution >= 0.6 is 0 Å². The molecule has 0 aliphatic rings. The predicted octanol–water partition coefficient (Wildman–Crippen LogP) is 1.55. The van der Waals surface area contributed by atoms with Crippen molar-refractivity contribution in [3.05, 3.63) is 29.8 Å². The summed E-state index contributed by atoms with van der Waals surface area (Å²) in [5.41, 5.74) is 7.98. The molecule has 0 bridgehead atoms. The van der Waals surface area contributed by atoms with E-state index in [-0.39, 0.29) is 0 Å². The Hall–Kier alpha value is -2.48. The normalized spacial score (nSPS) is 9.94. The van der Waals surface area contributed by atoms with E-state index in [1.807, 2.05) is 12.1 Å². The number of aromatic nitrogens is 2. The van der Waals surface area contributed by atoms with E-state index in [4.69, 9.17) is 15.7 Å². The van der Waals surface area contributed by atoms with Crippen LogP contribution in [0.4, 0.5) is 5.82 Å². The fraction of sp³-hybridized carbons (Fsp3) is 0.167. The smallest absolute Gasteiger partial charge is 0.188 e. The van der Waals surface area contributed by atoms with Crippen LogP contribution in [0.2, 0.25) is 0 Å². The molecular weight excluding hydrogens is 216 g/mol. The van der Waals surface area contributed by atoms with E-state index in [9.17, 15) is 0 Å². The first-order valence-corrected chi connectivity index (χ1v) is 5.04. The van der Waals surface area contributed by atoms with Crippen molar-refractivity contribution in [2.45, 2.75) is 0 Å². The minimum atomic E-state index is 0.479. The fourth-order valence-corrected chi connectivity index (χ4v) is 1.61. The zero-order chi connectivity index (χ0) is 12.4. The predicted molar refractivity (Wildman–Crippen MR) is 64.3 cm³/mol. The summed E-state index contributed by atoms with van der Waals surface area (Å²) >= 11 is 0. The Balaban J connectivity index is 2.53. The van der Waals surface area contributed by atoms with Crippen LogP contribution in [0.1, 0.15) is 5.56 Å². The van der Waals surface area contributed by atoms with Crippen molar-refractivity contribution in [2.75, 3.05) is 12.8 Å². The van der Waals surface area contributed by atoms with Gasteiger partial charge < -0.3 is 10.5 Å². The number of benzene rings is 1. The molecule has 86 valence electrons. The van der Waals surface area contributed by atoms with Crippen LogP contribution in [-0.4, -0.2) is 16.9 Å². The number of nitrogen functional groups attached to an aromatic ring is 1. The Kier molecular flexibility index (Phi) is 2.71. The van der Waals surface area contributed by atoms with Crippen LogP contribution in [0.5, 0.6) is 5.75 Å². The fourth-order valence-electron chi connectivity index (χ4n) is 1.61. The molecule has 2 aromatic rings. The number of nitrogens with zero attached hydrogens (tertiary/aromatic N) is 3. The SMILES string of the molecule is COc1c(-c2ccc(C#N)cc2)nn(C)c1N. The van der Waals surface area contributed by atoms with Crippen molar-refractivity contribution in [3.63, 3.8) is 0 Å². The number of hydrogen-bond donors (Lipinski definition) is 1. The van der Waals surface area contributed by atoms with Crippen molar-refractivity contribution in [2.24, 2.45) is 7.05 Å². The molecule has 0 unspecified atom stereocenters. The lowest BCUT2D eigenvalue weighted by molar-refractivity contribution is 0.418. The van der Waals surface area contributed by atoms with Crippen LogP contribution in [0.15, 0.2) is 24.3 Å². The van der Waals surface area contributed by atoms with Gasteiger partial charge in [0, 0.05) is 12.6 Å². The number of nitriles is 1. The Morgan fingerprint density at radius 2 is 2.00 bits per heavy atom. The first-order chi connectivity index (χ1) is 8.17. The van der Waals surface area contributed by atoms with E-state index in [1.165, 1.54) is 0 Å². The molecule has 0 fully saturated rings. The summed E-state index contributed by atoms with van der Waals surface area (Å²) in [6.07, 6.45) is 0. The second-order valence-corrected chi connectivity index (χ2v) is 3.58. The standard InChI is InChI=1S/C12H12N4O/c1-16-12(14)11(17-2)10(15-16)9-5-3-8(7-13)4-6-9/h3-6H,14H2,1-2H3. The molecule has 0 aliphatic heterocycles. The van der Waals surface area contributed by atoms with Crippen molar-refractivity contribution in [1.29, 1.82) is 5.26 Å². The monoisotopic (exact) mass is 228 g/mol. The average molecular weight is 228 g/mol. The molecule has 2 N–H and O–H groups in total. The summed E-state index contributed by atoms with van der Waals surface area (Å²) in [5.74, 6) is 1.03. The molecule has 2 rings (SSSR count). The van der Waals surface area contributed by atoms with E-state index in [0.717, 1.165) is 5.56 Å². The van der Waals surface area contributed by atoms with Crippen molar-refractivity contribution in [3.8, 4) is 23.1 Å². The van der Waals surface area contributed by atoms with Crippen LogP contribution in [0, 0.1) is 11.3 Å². The molecule has 5 nitrogen and oxygen atoms in total. The number of methoxy groups -OCH3 is 1. The summed E-state index contributed by atoms with van der Waals surface area (Å²) in [5, 5.41) is 13.0. The molecule has 5 heteroatoms. The maximum absolute atomic E-state index is 8.73. The largest absolute Gasteiger partial charge is 0.491 e. The van der Waals surface area contributed by atoms with E-state index >= 15 is 0 Å². The van der Waals surface area contributed by atoms with Crippen LogP contribution in [0.25, 0.3) is 11.3 Å². The molecule has 1 aromatic carbocycles. The first kappa shape index (κ1) is 11.0. The van der Waals surface area contributed by atoms with Gasteiger partial charge in [-0.1, -0.05) is 12.1 Å². The van der Waals surface area contributed by atoms with E-state index in [2.05, 4.69) is 11.2 Å². The third kappa shape index (κ3) is 1.81. The van der Waals surface area contributed by atoms with Gasteiger partial charge in [-0.3, -0.25) is 0 Å². The lowest BCUT2D eigenvalue weighted by Crippen LogP contribution is -1.98. The Morgan fingerprint density at radius 3 is 2.53 bits per heavy atom. The summed E-state index contributed by atoms with van der Waals surface area (Å²) in [7, 11) is 3.31. The molecule has 0 saturated carbocycles. The minimum absolute atomic E-state index is 0.479. The van der Waals surface area contributed by atoms with Crippen LogP contribution < -0.4 is 10.5 Å². The Bertz CT molecular complexity index is 578. The summed E-state index contributed by atoms with van der Waals surface area (Å²) in [6, 6.07) is 9.19.